The van der Waals surface area contributed by atoms with Crippen molar-refractivity contribution in [2.24, 2.45) is 0 Å². The molecular weight excluding hydrogens is 232 g/mol. The van der Waals surface area contributed by atoms with Crippen LogP contribution in [0.25, 0.3) is 0 Å². The van der Waals surface area contributed by atoms with E-state index in [0.29, 0.717) is 18.4 Å². The van der Waals surface area contributed by atoms with Crippen LogP contribution in [0.3, 0.4) is 0 Å². The molecule has 18 heavy (non-hydrogen) atoms. The van der Waals surface area contributed by atoms with E-state index in [-0.39, 0.29) is 6.61 Å². The van der Waals surface area contributed by atoms with Crippen molar-refractivity contribution in [3.05, 3.63) is 35.9 Å². The van der Waals surface area contributed by atoms with E-state index in [9.17, 15) is 15.3 Å². The van der Waals surface area contributed by atoms with Gasteiger partial charge in [-0.3, -0.25) is 0 Å². The summed E-state index contributed by atoms with van der Waals surface area (Å²) in [7, 11) is 0. The molecule has 0 aromatic heterocycles. The number of hydrogen-bond acceptors (Lipinski definition) is 4. The Morgan fingerprint density at radius 1 is 0.889 bits per heavy atom. The first kappa shape index (κ1) is 15.1. The molecule has 0 bridgehead atoms. The van der Waals surface area contributed by atoms with Gasteiger partial charge in [0.05, 0.1) is 6.10 Å². The van der Waals surface area contributed by atoms with Crippen LogP contribution in [-0.4, -0.2) is 39.2 Å². The SMILES string of the molecule is OCCCCCC(O)C(O)C(O)c1ccccc1. The van der Waals surface area contributed by atoms with Gasteiger partial charge in [0.25, 0.3) is 0 Å². The quantitative estimate of drug-likeness (QED) is 0.522. The summed E-state index contributed by atoms with van der Waals surface area (Å²) in [5.41, 5.74) is 0.597. The lowest BCUT2D eigenvalue weighted by Crippen LogP contribution is -2.32. The Hall–Kier alpha value is -0.940. The highest BCUT2D eigenvalue weighted by Gasteiger charge is 2.25. The van der Waals surface area contributed by atoms with Crippen LogP contribution < -0.4 is 0 Å². The van der Waals surface area contributed by atoms with Crippen molar-refractivity contribution in [1.82, 2.24) is 0 Å². The lowest BCUT2D eigenvalue weighted by atomic mass is 9.97. The molecule has 4 N–H and O–H groups in total. The molecule has 0 saturated heterocycles. The lowest BCUT2D eigenvalue weighted by molar-refractivity contribution is -0.0638. The van der Waals surface area contributed by atoms with Gasteiger partial charge in [0.2, 0.25) is 0 Å². The first-order valence-corrected chi connectivity index (χ1v) is 6.37. The Morgan fingerprint density at radius 2 is 1.56 bits per heavy atom. The smallest absolute Gasteiger partial charge is 0.110 e. The summed E-state index contributed by atoms with van der Waals surface area (Å²) in [5.74, 6) is 0. The number of unbranched alkanes of at least 4 members (excludes halogenated alkanes) is 2. The molecule has 0 aliphatic heterocycles. The van der Waals surface area contributed by atoms with E-state index >= 15 is 0 Å². The molecule has 0 heterocycles. The zero-order valence-electron chi connectivity index (χ0n) is 10.4. The molecular formula is C14H22O4. The maximum Gasteiger partial charge on any atom is 0.110 e. The van der Waals surface area contributed by atoms with E-state index in [1.165, 1.54) is 0 Å². The Labute approximate surface area is 108 Å². The Bertz CT molecular complexity index is 315. The summed E-state index contributed by atoms with van der Waals surface area (Å²) < 4.78 is 0. The summed E-state index contributed by atoms with van der Waals surface area (Å²) in [6, 6.07) is 8.81. The largest absolute Gasteiger partial charge is 0.396 e. The molecule has 1 rings (SSSR count). The normalized spacial score (nSPS) is 16.2. The third-order valence-corrected chi connectivity index (χ3v) is 3.02. The molecule has 4 heteroatoms. The molecule has 1 aromatic carbocycles. The minimum absolute atomic E-state index is 0.144. The molecule has 102 valence electrons. The third kappa shape index (κ3) is 4.74. The highest BCUT2D eigenvalue weighted by atomic mass is 16.4. The zero-order valence-corrected chi connectivity index (χ0v) is 10.4. The second-order valence-corrected chi connectivity index (χ2v) is 4.49. The number of benzene rings is 1. The fourth-order valence-electron chi connectivity index (χ4n) is 1.87. The molecule has 4 nitrogen and oxygen atoms in total. The van der Waals surface area contributed by atoms with Crippen LogP contribution in [0.5, 0.6) is 0 Å². The lowest BCUT2D eigenvalue weighted by Gasteiger charge is -2.23. The van der Waals surface area contributed by atoms with Crippen molar-refractivity contribution in [1.29, 1.82) is 0 Å². The number of hydrogen-bond donors (Lipinski definition) is 4. The molecule has 1 aromatic rings. The first-order valence-electron chi connectivity index (χ1n) is 6.37. The number of aliphatic hydroxyl groups is 4. The minimum Gasteiger partial charge on any atom is -0.396 e. The second-order valence-electron chi connectivity index (χ2n) is 4.49. The van der Waals surface area contributed by atoms with Gasteiger partial charge >= 0.3 is 0 Å². The van der Waals surface area contributed by atoms with E-state index in [2.05, 4.69) is 0 Å². The van der Waals surface area contributed by atoms with Gasteiger partial charge in [-0.05, 0) is 18.4 Å². The van der Waals surface area contributed by atoms with Gasteiger partial charge in [0.1, 0.15) is 12.2 Å². The van der Waals surface area contributed by atoms with Crippen molar-refractivity contribution in [2.45, 2.75) is 44.0 Å². The number of aliphatic hydroxyl groups excluding tert-OH is 4. The molecule has 3 unspecified atom stereocenters. The van der Waals surface area contributed by atoms with Crippen LogP contribution in [-0.2, 0) is 0 Å². The molecule has 0 aliphatic carbocycles. The monoisotopic (exact) mass is 254 g/mol. The Morgan fingerprint density at radius 3 is 2.17 bits per heavy atom. The van der Waals surface area contributed by atoms with Crippen LogP contribution in [0.15, 0.2) is 30.3 Å². The first-order chi connectivity index (χ1) is 8.66. The maximum atomic E-state index is 9.91. The fraction of sp³-hybridized carbons (Fsp3) is 0.571. The van der Waals surface area contributed by atoms with E-state index in [4.69, 9.17) is 5.11 Å². The van der Waals surface area contributed by atoms with Crippen LogP contribution in [0.4, 0.5) is 0 Å². The minimum atomic E-state index is -1.18. The summed E-state index contributed by atoms with van der Waals surface area (Å²) in [6.07, 6.45) is -0.545. The van der Waals surface area contributed by atoms with E-state index in [1.807, 2.05) is 6.07 Å². The van der Waals surface area contributed by atoms with Gasteiger partial charge in [0.15, 0.2) is 0 Å². The molecule has 0 spiro atoms. The molecule has 3 atom stereocenters. The summed E-state index contributed by atoms with van der Waals surface area (Å²) in [5, 5.41) is 38.2. The highest BCUT2D eigenvalue weighted by molar-refractivity contribution is 5.18. The van der Waals surface area contributed by atoms with Crippen molar-refractivity contribution >= 4 is 0 Å². The van der Waals surface area contributed by atoms with Crippen LogP contribution >= 0.6 is 0 Å². The zero-order chi connectivity index (χ0) is 13.4. The van der Waals surface area contributed by atoms with Crippen molar-refractivity contribution in [3.63, 3.8) is 0 Å². The van der Waals surface area contributed by atoms with Crippen LogP contribution in [0.2, 0.25) is 0 Å². The van der Waals surface area contributed by atoms with E-state index < -0.39 is 18.3 Å². The van der Waals surface area contributed by atoms with E-state index in [1.54, 1.807) is 24.3 Å². The van der Waals surface area contributed by atoms with Gasteiger partial charge in [-0.1, -0.05) is 43.2 Å². The van der Waals surface area contributed by atoms with Gasteiger partial charge in [-0.2, -0.15) is 0 Å². The standard InChI is InChI=1S/C14H22O4/c15-10-6-2-5-9-12(16)14(18)13(17)11-7-3-1-4-8-11/h1,3-4,7-8,12-18H,2,5-6,9-10H2. The predicted octanol–water partition coefficient (Wildman–Crippen LogP) is 0.994. The highest BCUT2D eigenvalue weighted by Crippen LogP contribution is 2.21. The topological polar surface area (TPSA) is 80.9 Å². The summed E-state index contributed by atoms with van der Waals surface area (Å²) in [6.45, 7) is 0.144. The average Bonchev–Trinajstić information content (AvgIpc) is 2.42. The third-order valence-electron chi connectivity index (χ3n) is 3.02. The van der Waals surface area contributed by atoms with Crippen molar-refractivity contribution < 1.29 is 20.4 Å². The predicted molar refractivity (Wildman–Crippen MR) is 69.0 cm³/mol. The molecule has 0 amide bonds. The van der Waals surface area contributed by atoms with Crippen LogP contribution in [0.1, 0.15) is 37.4 Å². The van der Waals surface area contributed by atoms with Crippen molar-refractivity contribution in [2.75, 3.05) is 6.61 Å². The van der Waals surface area contributed by atoms with Gasteiger partial charge < -0.3 is 20.4 Å². The maximum absolute atomic E-state index is 9.91. The Kier molecular flexibility index (Phi) is 6.90. The molecule has 0 aliphatic rings. The van der Waals surface area contributed by atoms with Crippen LogP contribution in [0, 0.1) is 0 Å². The molecule has 0 radical (unpaired) electrons. The fourth-order valence-corrected chi connectivity index (χ4v) is 1.87. The summed E-state index contributed by atoms with van der Waals surface area (Å²) >= 11 is 0. The second kappa shape index (κ2) is 8.21. The summed E-state index contributed by atoms with van der Waals surface area (Å²) in [4.78, 5) is 0. The average molecular weight is 254 g/mol. The van der Waals surface area contributed by atoms with E-state index in [0.717, 1.165) is 12.8 Å². The Balaban J connectivity index is 2.40. The number of rotatable bonds is 8. The van der Waals surface area contributed by atoms with Gasteiger partial charge in [0, 0.05) is 6.61 Å². The molecule has 0 saturated carbocycles. The van der Waals surface area contributed by atoms with Gasteiger partial charge in [-0.15, -0.1) is 0 Å². The van der Waals surface area contributed by atoms with Crippen molar-refractivity contribution in [3.8, 4) is 0 Å². The van der Waals surface area contributed by atoms with Gasteiger partial charge in [-0.25, -0.2) is 0 Å². The molecule has 0 fully saturated rings.